The summed E-state index contributed by atoms with van der Waals surface area (Å²) in [6.07, 6.45) is 0. The lowest BCUT2D eigenvalue weighted by molar-refractivity contribution is 0.627. The summed E-state index contributed by atoms with van der Waals surface area (Å²) in [4.78, 5) is 0. The second-order valence-electron chi connectivity index (χ2n) is 4.51. The van der Waals surface area contributed by atoms with E-state index >= 15 is 0 Å². The summed E-state index contributed by atoms with van der Waals surface area (Å²) in [7, 11) is 3.72. The van der Waals surface area contributed by atoms with Crippen molar-refractivity contribution in [1.82, 2.24) is 15.1 Å². The van der Waals surface area contributed by atoms with E-state index < -0.39 is 0 Å². The summed E-state index contributed by atoms with van der Waals surface area (Å²) in [5, 5.41) is 7.34. The van der Waals surface area contributed by atoms with Crippen molar-refractivity contribution in [3.8, 4) is 11.1 Å². The molecule has 0 unspecified atom stereocenters. The summed E-state index contributed by atoms with van der Waals surface area (Å²) in [5.74, 6) is -0.193. The van der Waals surface area contributed by atoms with Crippen LogP contribution in [0.4, 0.5) is 4.39 Å². The monoisotopic (exact) mass is 247 g/mol. The third-order valence-corrected chi connectivity index (χ3v) is 3.19. The molecule has 0 bridgehead atoms. The molecule has 0 aliphatic rings. The maximum Gasteiger partial charge on any atom is 0.131 e. The molecule has 18 heavy (non-hydrogen) atoms. The summed E-state index contributed by atoms with van der Waals surface area (Å²) >= 11 is 0. The molecular weight excluding hydrogens is 229 g/mol. The van der Waals surface area contributed by atoms with Crippen molar-refractivity contribution in [3.63, 3.8) is 0 Å². The molecule has 96 valence electrons. The number of nitrogens with one attached hydrogen (secondary N) is 1. The minimum atomic E-state index is -0.193. The number of aryl methyl sites for hydroxylation is 2. The van der Waals surface area contributed by atoms with Crippen molar-refractivity contribution in [2.45, 2.75) is 20.4 Å². The first-order chi connectivity index (χ1) is 8.54. The molecule has 2 rings (SSSR count). The standard InChI is InChI=1S/C14H18FN3/c1-9-14(10(2)18(4)17-9)12-6-5-11(8-16-3)7-13(12)15/h5-7,16H,8H2,1-4H3. The normalized spacial score (nSPS) is 10.9. The molecule has 0 spiro atoms. The fourth-order valence-electron chi connectivity index (χ4n) is 2.24. The van der Waals surface area contributed by atoms with Gasteiger partial charge in [-0.2, -0.15) is 5.10 Å². The highest BCUT2D eigenvalue weighted by Crippen LogP contribution is 2.29. The van der Waals surface area contributed by atoms with Gasteiger partial charge in [-0.05, 0) is 32.5 Å². The van der Waals surface area contributed by atoms with Crippen LogP contribution in [0.15, 0.2) is 18.2 Å². The van der Waals surface area contributed by atoms with Crippen molar-refractivity contribution < 1.29 is 4.39 Å². The largest absolute Gasteiger partial charge is 0.316 e. The summed E-state index contributed by atoms with van der Waals surface area (Å²) in [6.45, 7) is 4.53. The van der Waals surface area contributed by atoms with Crippen LogP contribution in [0.2, 0.25) is 0 Å². The smallest absolute Gasteiger partial charge is 0.131 e. The molecule has 1 aromatic carbocycles. The van der Waals surface area contributed by atoms with E-state index in [-0.39, 0.29) is 5.82 Å². The maximum atomic E-state index is 14.2. The van der Waals surface area contributed by atoms with E-state index in [0.717, 1.165) is 22.5 Å². The topological polar surface area (TPSA) is 29.9 Å². The molecule has 4 heteroatoms. The molecular formula is C14H18FN3. The fourth-order valence-corrected chi connectivity index (χ4v) is 2.24. The highest BCUT2D eigenvalue weighted by Gasteiger charge is 2.15. The van der Waals surface area contributed by atoms with Gasteiger partial charge < -0.3 is 5.32 Å². The van der Waals surface area contributed by atoms with Gasteiger partial charge in [-0.15, -0.1) is 0 Å². The average Bonchev–Trinajstić information content (AvgIpc) is 2.55. The zero-order valence-corrected chi connectivity index (χ0v) is 11.2. The van der Waals surface area contributed by atoms with Crippen LogP contribution in [0.5, 0.6) is 0 Å². The van der Waals surface area contributed by atoms with Crippen molar-refractivity contribution in [2.24, 2.45) is 7.05 Å². The molecule has 0 aliphatic carbocycles. The number of hydrogen-bond donors (Lipinski definition) is 1. The van der Waals surface area contributed by atoms with Gasteiger partial charge in [0.15, 0.2) is 0 Å². The average molecular weight is 247 g/mol. The number of rotatable bonds is 3. The van der Waals surface area contributed by atoms with Crippen LogP contribution in [-0.2, 0) is 13.6 Å². The highest BCUT2D eigenvalue weighted by molar-refractivity contribution is 5.69. The maximum absolute atomic E-state index is 14.2. The van der Waals surface area contributed by atoms with Crippen LogP contribution in [0.3, 0.4) is 0 Å². The Bertz CT molecular complexity index is 573. The minimum absolute atomic E-state index is 0.193. The lowest BCUT2D eigenvalue weighted by Crippen LogP contribution is -2.05. The van der Waals surface area contributed by atoms with Gasteiger partial charge in [0.2, 0.25) is 0 Å². The van der Waals surface area contributed by atoms with Crippen LogP contribution in [0, 0.1) is 19.7 Å². The highest BCUT2D eigenvalue weighted by atomic mass is 19.1. The van der Waals surface area contributed by atoms with E-state index in [9.17, 15) is 4.39 Å². The Hall–Kier alpha value is -1.68. The van der Waals surface area contributed by atoms with E-state index in [2.05, 4.69) is 10.4 Å². The third kappa shape index (κ3) is 2.16. The second-order valence-corrected chi connectivity index (χ2v) is 4.51. The Labute approximate surface area is 107 Å². The van der Waals surface area contributed by atoms with Crippen LogP contribution in [-0.4, -0.2) is 16.8 Å². The lowest BCUT2D eigenvalue weighted by atomic mass is 10.0. The van der Waals surface area contributed by atoms with E-state index in [1.807, 2.05) is 40.1 Å². The molecule has 3 nitrogen and oxygen atoms in total. The van der Waals surface area contributed by atoms with Gasteiger partial charge in [0.05, 0.1) is 5.69 Å². The summed E-state index contributed by atoms with van der Waals surface area (Å²) in [6, 6.07) is 5.36. The lowest BCUT2D eigenvalue weighted by Gasteiger charge is -2.07. The van der Waals surface area contributed by atoms with Gasteiger partial charge >= 0.3 is 0 Å². The van der Waals surface area contributed by atoms with E-state index in [4.69, 9.17) is 0 Å². The Morgan fingerprint density at radius 3 is 2.56 bits per heavy atom. The zero-order chi connectivity index (χ0) is 13.3. The molecule has 0 saturated carbocycles. The van der Waals surface area contributed by atoms with Crippen molar-refractivity contribution >= 4 is 0 Å². The van der Waals surface area contributed by atoms with Crippen LogP contribution >= 0.6 is 0 Å². The first kappa shape index (κ1) is 12.8. The number of aromatic nitrogens is 2. The number of hydrogen-bond acceptors (Lipinski definition) is 2. The first-order valence-electron chi connectivity index (χ1n) is 5.98. The molecule has 0 aliphatic heterocycles. The van der Waals surface area contributed by atoms with Gasteiger partial charge in [-0.25, -0.2) is 4.39 Å². The van der Waals surface area contributed by atoms with E-state index in [1.54, 1.807) is 10.7 Å². The SMILES string of the molecule is CNCc1ccc(-c2c(C)nn(C)c2C)c(F)c1. The molecule has 1 N–H and O–H groups in total. The Morgan fingerprint density at radius 2 is 2.06 bits per heavy atom. The predicted octanol–water partition coefficient (Wildman–Crippen LogP) is 2.56. The minimum Gasteiger partial charge on any atom is -0.316 e. The van der Waals surface area contributed by atoms with Crippen LogP contribution in [0.1, 0.15) is 17.0 Å². The van der Waals surface area contributed by atoms with Crippen molar-refractivity contribution in [1.29, 1.82) is 0 Å². The molecule has 2 aromatic rings. The quantitative estimate of drug-likeness (QED) is 0.903. The zero-order valence-electron chi connectivity index (χ0n) is 11.2. The molecule has 0 amide bonds. The number of benzene rings is 1. The van der Waals surface area contributed by atoms with Gasteiger partial charge in [0.25, 0.3) is 0 Å². The molecule has 0 radical (unpaired) electrons. The third-order valence-electron chi connectivity index (χ3n) is 3.19. The van der Waals surface area contributed by atoms with Crippen LogP contribution < -0.4 is 5.32 Å². The van der Waals surface area contributed by atoms with E-state index in [0.29, 0.717) is 12.1 Å². The van der Waals surface area contributed by atoms with Gasteiger partial charge in [0, 0.05) is 30.4 Å². The predicted molar refractivity (Wildman–Crippen MR) is 70.8 cm³/mol. The Balaban J connectivity index is 2.51. The van der Waals surface area contributed by atoms with Gasteiger partial charge in [-0.3, -0.25) is 4.68 Å². The molecule has 1 aromatic heterocycles. The number of nitrogens with zero attached hydrogens (tertiary/aromatic N) is 2. The molecule has 1 heterocycles. The van der Waals surface area contributed by atoms with Gasteiger partial charge in [0.1, 0.15) is 5.82 Å². The summed E-state index contributed by atoms with van der Waals surface area (Å²) in [5.41, 5.74) is 4.30. The van der Waals surface area contributed by atoms with Crippen molar-refractivity contribution in [2.75, 3.05) is 7.05 Å². The Kier molecular flexibility index (Phi) is 3.48. The van der Waals surface area contributed by atoms with E-state index in [1.165, 1.54) is 0 Å². The fraction of sp³-hybridized carbons (Fsp3) is 0.357. The molecule has 0 fully saturated rings. The Morgan fingerprint density at radius 1 is 1.33 bits per heavy atom. The first-order valence-corrected chi connectivity index (χ1v) is 5.98. The van der Waals surface area contributed by atoms with Crippen LogP contribution in [0.25, 0.3) is 11.1 Å². The number of halogens is 1. The molecule has 0 atom stereocenters. The second kappa shape index (κ2) is 4.90. The van der Waals surface area contributed by atoms with Crippen molar-refractivity contribution in [3.05, 3.63) is 41.0 Å². The van der Waals surface area contributed by atoms with Gasteiger partial charge in [-0.1, -0.05) is 12.1 Å². The summed E-state index contributed by atoms with van der Waals surface area (Å²) < 4.78 is 15.9. The molecule has 0 saturated heterocycles.